The van der Waals surface area contributed by atoms with Gasteiger partial charge in [0.05, 0.1) is 5.69 Å². The molecule has 2 rings (SSSR count). The van der Waals surface area contributed by atoms with Crippen LogP contribution in [0.5, 0.6) is 0 Å². The molecule has 5 heteroatoms. The number of anilines is 1. The molecule has 0 atom stereocenters. The molecular formula is C9H12N4O. The Labute approximate surface area is 81.3 Å². The molecule has 0 amide bonds. The average molecular weight is 192 g/mol. The molecule has 5 nitrogen and oxygen atoms in total. The maximum atomic E-state index is 5.68. The number of aromatic amines is 1. The van der Waals surface area contributed by atoms with E-state index in [1.54, 1.807) is 6.20 Å². The summed E-state index contributed by atoms with van der Waals surface area (Å²) in [5.41, 5.74) is 8.18. The summed E-state index contributed by atoms with van der Waals surface area (Å²) in [6.45, 7) is 4.09. The second-order valence-corrected chi connectivity index (χ2v) is 3.43. The minimum absolute atomic E-state index is 0.277. The van der Waals surface area contributed by atoms with Crippen LogP contribution in [-0.4, -0.2) is 15.4 Å². The van der Waals surface area contributed by atoms with Gasteiger partial charge in [-0.3, -0.25) is 5.10 Å². The van der Waals surface area contributed by atoms with Gasteiger partial charge in [0.2, 0.25) is 5.88 Å². The summed E-state index contributed by atoms with van der Waals surface area (Å²) in [5, 5.41) is 10.6. The number of H-pyrrole nitrogens is 1. The van der Waals surface area contributed by atoms with Crippen molar-refractivity contribution in [2.75, 3.05) is 5.73 Å². The fourth-order valence-corrected chi connectivity index (χ4v) is 1.45. The first-order valence-corrected chi connectivity index (χ1v) is 4.45. The molecule has 2 aromatic heterocycles. The predicted molar refractivity (Wildman–Crippen MR) is 52.6 cm³/mol. The van der Waals surface area contributed by atoms with Crippen LogP contribution in [0.4, 0.5) is 5.88 Å². The van der Waals surface area contributed by atoms with Crippen molar-refractivity contribution in [3.63, 3.8) is 0 Å². The van der Waals surface area contributed by atoms with E-state index in [4.69, 9.17) is 10.3 Å². The Bertz CT molecular complexity index is 416. The van der Waals surface area contributed by atoms with Gasteiger partial charge >= 0.3 is 0 Å². The number of nitrogens with zero attached hydrogens (tertiary/aromatic N) is 2. The van der Waals surface area contributed by atoms with Crippen LogP contribution in [0.2, 0.25) is 0 Å². The largest absolute Gasteiger partial charge is 0.367 e. The molecule has 2 aromatic rings. The van der Waals surface area contributed by atoms with E-state index in [0.29, 0.717) is 5.88 Å². The molecule has 2 heterocycles. The molecule has 3 N–H and O–H groups in total. The van der Waals surface area contributed by atoms with Gasteiger partial charge < -0.3 is 10.3 Å². The van der Waals surface area contributed by atoms with E-state index in [0.717, 1.165) is 17.0 Å². The molecule has 0 radical (unpaired) electrons. The van der Waals surface area contributed by atoms with Crippen molar-refractivity contribution >= 4 is 5.88 Å². The molecule has 74 valence electrons. The van der Waals surface area contributed by atoms with Crippen LogP contribution in [0.25, 0.3) is 11.4 Å². The predicted octanol–water partition coefficient (Wildman–Crippen LogP) is 1.77. The van der Waals surface area contributed by atoms with E-state index in [1.807, 2.05) is 19.9 Å². The summed E-state index contributed by atoms with van der Waals surface area (Å²) in [4.78, 5) is 0. The van der Waals surface area contributed by atoms with E-state index in [1.165, 1.54) is 0 Å². The van der Waals surface area contributed by atoms with E-state index in [9.17, 15) is 0 Å². The number of nitrogens with two attached hydrogens (primary N) is 1. The van der Waals surface area contributed by atoms with Gasteiger partial charge in [-0.25, -0.2) is 0 Å². The molecule has 0 aliphatic carbocycles. The molecule has 0 aliphatic heterocycles. The quantitative estimate of drug-likeness (QED) is 0.759. The van der Waals surface area contributed by atoms with Gasteiger partial charge in [-0.05, 0) is 12.0 Å². The van der Waals surface area contributed by atoms with Crippen LogP contribution in [0.1, 0.15) is 25.3 Å². The molecule has 0 saturated carbocycles. The van der Waals surface area contributed by atoms with Gasteiger partial charge in [-0.15, -0.1) is 0 Å². The first-order chi connectivity index (χ1) is 6.70. The lowest BCUT2D eigenvalue weighted by molar-refractivity contribution is 0.438. The molecule has 0 fully saturated rings. The summed E-state index contributed by atoms with van der Waals surface area (Å²) >= 11 is 0. The number of hydrogen-bond donors (Lipinski definition) is 2. The van der Waals surface area contributed by atoms with Crippen LogP contribution in [-0.2, 0) is 0 Å². The lowest BCUT2D eigenvalue weighted by atomic mass is 10.0. The SMILES string of the molecule is CC(C)c1c(-c2ccn[nH]2)noc1N. The van der Waals surface area contributed by atoms with Crippen LogP contribution >= 0.6 is 0 Å². The number of aromatic nitrogens is 3. The summed E-state index contributed by atoms with van der Waals surface area (Å²) in [6.07, 6.45) is 1.67. The maximum Gasteiger partial charge on any atom is 0.226 e. The van der Waals surface area contributed by atoms with E-state index < -0.39 is 0 Å². The molecule has 0 aliphatic rings. The van der Waals surface area contributed by atoms with Crippen molar-refractivity contribution in [1.29, 1.82) is 0 Å². The first-order valence-electron chi connectivity index (χ1n) is 4.45. The zero-order valence-corrected chi connectivity index (χ0v) is 8.11. The zero-order chi connectivity index (χ0) is 10.1. The Morgan fingerprint density at radius 3 is 2.86 bits per heavy atom. The fraction of sp³-hybridized carbons (Fsp3) is 0.333. The molecule has 0 aromatic carbocycles. The van der Waals surface area contributed by atoms with Gasteiger partial charge in [0.15, 0.2) is 0 Å². The van der Waals surface area contributed by atoms with Crippen molar-refractivity contribution in [1.82, 2.24) is 15.4 Å². The monoisotopic (exact) mass is 192 g/mol. The van der Waals surface area contributed by atoms with E-state index in [-0.39, 0.29) is 5.92 Å². The van der Waals surface area contributed by atoms with Crippen LogP contribution in [0.3, 0.4) is 0 Å². The third-order valence-electron chi connectivity index (χ3n) is 2.09. The van der Waals surface area contributed by atoms with Gasteiger partial charge in [-0.2, -0.15) is 5.10 Å². The van der Waals surface area contributed by atoms with Crippen molar-refractivity contribution in [3.05, 3.63) is 17.8 Å². The Kier molecular flexibility index (Phi) is 1.99. The van der Waals surface area contributed by atoms with Gasteiger partial charge in [-0.1, -0.05) is 19.0 Å². The summed E-state index contributed by atoms with van der Waals surface area (Å²) in [6, 6.07) is 1.84. The van der Waals surface area contributed by atoms with E-state index >= 15 is 0 Å². The number of hydrogen-bond acceptors (Lipinski definition) is 4. The number of rotatable bonds is 2. The minimum Gasteiger partial charge on any atom is -0.367 e. The highest BCUT2D eigenvalue weighted by Crippen LogP contribution is 2.31. The topological polar surface area (TPSA) is 80.7 Å². The third kappa shape index (κ3) is 1.26. The zero-order valence-electron chi connectivity index (χ0n) is 8.11. The average Bonchev–Trinajstić information content (AvgIpc) is 2.70. The number of nitrogen functional groups attached to an aromatic ring is 1. The van der Waals surface area contributed by atoms with Crippen LogP contribution < -0.4 is 5.73 Å². The first kappa shape index (κ1) is 8.80. The Morgan fingerprint density at radius 1 is 1.50 bits per heavy atom. The van der Waals surface area contributed by atoms with Crippen molar-refractivity contribution in [2.24, 2.45) is 0 Å². The van der Waals surface area contributed by atoms with Gasteiger partial charge in [0.1, 0.15) is 5.69 Å². The normalized spacial score (nSPS) is 11.1. The lowest BCUT2D eigenvalue weighted by Gasteiger charge is -2.02. The Morgan fingerprint density at radius 2 is 2.29 bits per heavy atom. The molecule has 0 saturated heterocycles. The smallest absolute Gasteiger partial charge is 0.226 e. The highest BCUT2D eigenvalue weighted by Gasteiger charge is 2.18. The van der Waals surface area contributed by atoms with E-state index in [2.05, 4.69) is 15.4 Å². The molecule has 0 spiro atoms. The minimum atomic E-state index is 0.277. The van der Waals surface area contributed by atoms with Crippen molar-refractivity contribution in [3.8, 4) is 11.4 Å². The number of nitrogens with one attached hydrogen (secondary N) is 1. The standard InChI is InChI=1S/C9H12N4O/c1-5(2)7-8(13-14-9(7)10)6-3-4-11-12-6/h3-5H,10H2,1-2H3,(H,11,12). The fourth-order valence-electron chi connectivity index (χ4n) is 1.45. The summed E-state index contributed by atoms with van der Waals surface area (Å²) < 4.78 is 4.96. The molecule has 0 unspecified atom stereocenters. The maximum absolute atomic E-state index is 5.68. The van der Waals surface area contributed by atoms with Gasteiger partial charge in [0, 0.05) is 11.8 Å². The molecule has 0 bridgehead atoms. The van der Waals surface area contributed by atoms with Crippen molar-refractivity contribution < 1.29 is 4.52 Å². The summed E-state index contributed by atoms with van der Waals surface area (Å²) in [5.74, 6) is 0.657. The molecular weight excluding hydrogens is 180 g/mol. The third-order valence-corrected chi connectivity index (χ3v) is 2.09. The highest BCUT2D eigenvalue weighted by molar-refractivity contribution is 5.64. The van der Waals surface area contributed by atoms with Crippen molar-refractivity contribution in [2.45, 2.75) is 19.8 Å². The Balaban J connectivity index is 2.54. The summed E-state index contributed by atoms with van der Waals surface area (Å²) in [7, 11) is 0. The van der Waals surface area contributed by atoms with Gasteiger partial charge in [0.25, 0.3) is 0 Å². The molecule has 14 heavy (non-hydrogen) atoms. The second-order valence-electron chi connectivity index (χ2n) is 3.43. The second kappa shape index (κ2) is 3.17. The van der Waals surface area contributed by atoms with Crippen LogP contribution in [0, 0.1) is 0 Å². The lowest BCUT2D eigenvalue weighted by Crippen LogP contribution is -1.94. The Hall–Kier alpha value is -1.78. The van der Waals surface area contributed by atoms with Crippen LogP contribution in [0.15, 0.2) is 16.8 Å². The highest BCUT2D eigenvalue weighted by atomic mass is 16.5.